The summed E-state index contributed by atoms with van der Waals surface area (Å²) < 4.78 is 0. The first-order chi connectivity index (χ1) is 7.18. The maximum absolute atomic E-state index is 10.4. The molecular weight excluding hydrogens is 192 g/mol. The fraction of sp³-hybridized carbons (Fsp3) is 0.545. The molecule has 0 aromatic carbocycles. The highest BCUT2D eigenvalue weighted by Crippen LogP contribution is 1.99. The third-order valence-corrected chi connectivity index (χ3v) is 2.25. The normalized spacial score (nSPS) is 12.6. The monoisotopic (exact) mass is 210 g/mol. The van der Waals surface area contributed by atoms with Crippen molar-refractivity contribution in [2.24, 2.45) is 5.92 Å². The summed E-state index contributed by atoms with van der Waals surface area (Å²) in [5.41, 5.74) is 1.20. The number of aromatic amines is 1. The predicted octanol–water partition coefficient (Wildman–Crippen LogP) is 1.26. The second kappa shape index (κ2) is 6.24. The van der Waals surface area contributed by atoms with E-state index < -0.39 is 5.97 Å². The summed E-state index contributed by atoms with van der Waals surface area (Å²) in [6.07, 6.45) is 3.09. The second-order valence-corrected chi connectivity index (χ2v) is 3.85. The third-order valence-electron chi connectivity index (χ3n) is 2.25. The summed E-state index contributed by atoms with van der Waals surface area (Å²) in [4.78, 5) is 13.5. The summed E-state index contributed by atoms with van der Waals surface area (Å²) in [5.74, 6) is -0.542. The lowest BCUT2D eigenvalue weighted by molar-refractivity contribution is -0.137. The van der Waals surface area contributed by atoms with Gasteiger partial charge in [0.2, 0.25) is 0 Å². The highest BCUT2D eigenvalue weighted by atomic mass is 16.4. The molecule has 1 rings (SSSR count). The van der Waals surface area contributed by atoms with Crippen molar-refractivity contribution in [2.75, 3.05) is 13.1 Å². The van der Waals surface area contributed by atoms with E-state index in [1.54, 1.807) is 0 Å². The number of hydrogen-bond donors (Lipinski definition) is 3. The molecule has 0 bridgehead atoms. The first-order valence-electron chi connectivity index (χ1n) is 5.23. The Kier molecular flexibility index (Phi) is 4.90. The van der Waals surface area contributed by atoms with Crippen LogP contribution in [-0.2, 0) is 11.2 Å². The Hall–Kier alpha value is -1.29. The van der Waals surface area contributed by atoms with Crippen LogP contribution in [0.15, 0.2) is 18.3 Å². The molecule has 1 aromatic rings. The Morgan fingerprint density at radius 1 is 1.67 bits per heavy atom. The molecule has 0 radical (unpaired) electrons. The molecular formula is C11H18N2O2. The Morgan fingerprint density at radius 3 is 3.07 bits per heavy atom. The predicted molar refractivity (Wildman–Crippen MR) is 58.8 cm³/mol. The quantitative estimate of drug-likeness (QED) is 0.593. The van der Waals surface area contributed by atoms with Crippen molar-refractivity contribution < 1.29 is 9.90 Å². The first-order valence-corrected chi connectivity index (χ1v) is 5.23. The van der Waals surface area contributed by atoms with Crippen LogP contribution < -0.4 is 5.32 Å². The minimum absolute atomic E-state index is 0.186. The van der Waals surface area contributed by atoms with Gasteiger partial charge in [-0.1, -0.05) is 6.92 Å². The van der Waals surface area contributed by atoms with Crippen LogP contribution in [0.3, 0.4) is 0 Å². The molecule has 1 atom stereocenters. The summed E-state index contributed by atoms with van der Waals surface area (Å²) in [7, 11) is 0. The van der Waals surface area contributed by atoms with Crippen LogP contribution in [0.4, 0.5) is 0 Å². The number of aromatic nitrogens is 1. The van der Waals surface area contributed by atoms with Gasteiger partial charge in [-0.2, -0.15) is 0 Å². The standard InChI is InChI=1S/C11H18N2O2/c1-9(7-11(14)15)8-12-6-4-10-3-2-5-13-10/h2-3,5,9,12-13H,4,6-8H2,1H3,(H,14,15). The Bertz CT molecular complexity index is 283. The molecule has 0 saturated heterocycles. The van der Waals surface area contributed by atoms with Crippen molar-refractivity contribution >= 4 is 5.97 Å². The third kappa shape index (κ3) is 5.22. The van der Waals surface area contributed by atoms with Gasteiger partial charge in [0.05, 0.1) is 0 Å². The van der Waals surface area contributed by atoms with Gasteiger partial charge in [0.15, 0.2) is 0 Å². The van der Waals surface area contributed by atoms with Crippen LogP contribution in [0.25, 0.3) is 0 Å². The van der Waals surface area contributed by atoms with E-state index in [-0.39, 0.29) is 12.3 Å². The molecule has 3 N–H and O–H groups in total. The Labute approximate surface area is 89.7 Å². The lowest BCUT2D eigenvalue weighted by Gasteiger charge is -2.09. The average Bonchev–Trinajstić information content (AvgIpc) is 2.63. The molecule has 84 valence electrons. The zero-order valence-corrected chi connectivity index (χ0v) is 8.99. The number of aliphatic carboxylic acids is 1. The van der Waals surface area contributed by atoms with Gasteiger partial charge in [0.25, 0.3) is 0 Å². The molecule has 0 aliphatic carbocycles. The van der Waals surface area contributed by atoms with Crippen LogP contribution in [0, 0.1) is 5.92 Å². The lowest BCUT2D eigenvalue weighted by Crippen LogP contribution is -2.25. The minimum atomic E-state index is -0.728. The van der Waals surface area contributed by atoms with E-state index >= 15 is 0 Å². The van der Waals surface area contributed by atoms with Crippen molar-refractivity contribution in [3.8, 4) is 0 Å². The summed E-state index contributed by atoms with van der Waals surface area (Å²) in [6, 6.07) is 4.02. The van der Waals surface area contributed by atoms with E-state index in [9.17, 15) is 4.79 Å². The molecule has 15 heavy (non-hydrogen) atoms. The highest BCUT2D eigenvalue weighted by molar-refractivity contribution is 5.66. The van der Waals surface area contributed by atoms with E-state index in [1.165, 1.54) is 5.69 Å². The van der Waals surface area contributed by atoms with Gasteiger partial charge in [-0.05, 0) is 31.0 Å². The summed E-state index contributed by atoms with van der Waals surface area (Å²) in [5, 5.41) is 11.8. The van der Waals surface area contributed by atoms with E-state index in [0.717, 1.165) is 19.5 Å². The van der Waals surface area contributed by atoms with Crippen LogP contribution in [0.2, 0.25) is 0 Å². The molecule has 0 amide bonds. The van der Waals surface area contributed by atoms with Crippen molar-refractivity contribution in [2.45, 2.75) is 19.8 Å². The van der Waals surface area contributed by atoms with Gasteiger partial charge in [-0.25, -0.2) is 0 Å². The topological polar surface area (TPSA) is 65.1 Å². The number of H-pyrrole nitrogens is 1. The highest BCUT2D eigenvalue weighted by Gasteiger charge is 2.06. The number of carboxylic acids is 1. The fourth-order valence-corrected chi connectivity index (χ4v) is 1.46. The van der Waals surface area contributed by atoms with Gasteiger partial charge < -0.3 is 15.4 Å². The first kappa shape index (κ1) is 11.8. The molecule has 0 saturated carbocycles. The van der Waals surface area contributed by atoms with E-state index in [1.807, 2.05) is 25.3 Å². The Balaban J connectivity index is 2.04. The number of rotatable bonds is 7. The fourth-order valence-electron chi connectivity index (χ4n) is 1.46. The molecule has 0 spiro atoms. The smallest absolute Gasteiger partial charge is 0.303 e. The van der Waals surface area contributed by atoms with Gasteiger partial charge in [0.1, 0.15) is 0 Å². The van der Waals surface area contributed by atoms with Gasteiger partial charge in [-0.3, -0.25) is 4.79 Å². The van der Waals surface area contributed by atoms with Gasteiger partial charge >= 0.3 is 5.97 Å². The van der Waals surface area contributed by atoms with Crippen LogP contribution >= 0.6 is 0 Å². The summed E-state index contributed by atoms with van der Waals surface area (Å²) in [6.45, 7) is 3.58. The molecule has 0 fully saturated rings. The second-order valence-electron chi connectivity index (χ2n) is 3.85. The minimum Gasteiger partial charge on any atom is -0.481 e. The number of nitrogens with one attached hydrogen (secondary N) is 2. The molecule has 1 heterocycles. The maximum Gasteiger partial charge on any atom is 0.303 e. The number of carboxylic acid groups (broad SMARTS) is 1. The number of hydrogen-bond acceptors (Lipinski definition) is 2. The molecule has 1 aromatic heterocycles. The zero-order valence-electron chi connectivity index (χ0n) is 8.99. The van der Waals surface area contributed by atoms with Crippen LogP contribution in [0.5, 0.6) is 0 Å². The lowest BCUT2D eigenvalue weighted by atomic mass is 10.1. The van der Waals surface area contributed by atoms with Crippen molar-refractivity contribution in [3.05, 3.63) is 24.0 Å². The van der Waals surface area contributed by atoms with Crippen LogP contribution in [-0.4, -0.2) is 29.1 Å². The largest absolute Gasteiger partial charge is 0.481 e. The Morgan fingerprint density at radius 2 is 2.47 bits per heavy atom. The zero-order chi connectivity index (χ0) is 11.1. The van der Waals surface area contributed by atoms with Gasteiger partial charge in [-0.15, -0.1) is 0 Å². The van der Waals surface area contributed by atoms with E-state index in [4.69, 9.17) is 5.11 Å². The van der Waals surface area contributed by atoms with Gasteiger partial charge in [0, 0.05) is 24.9 Å². The van der Waals surface area contributed by atoms with Crippen molar-refractivity contribution in [3.63, 3.8) is 0 Å². The molecule has 1 unspecified atom stereocenters. The average molecular weight is 210 g/mol. The molecule has 0 aliphatic rings. The number of carbonyl (C=O) groups is 1. The maximum atomic E-state index is 10.4. The summed E-state index contributed by atoms with van der Waals surface area (Å²) >= 11 is 0. The van der Waals surface area contributed by atoms with E-state index in [2.05, 4.69) is 10.3 Å². The molecule has 4 heteroatoms. The van der Waals surface area contributed by atoms with Crippen molar-refractivity contribution in [1.82, 2.24) is 10.3 Å². The SMILES string of the molecule is CC(CNCCc1ccc[nH]1)CC(=O)O. The molecule has 4 nitrogen and oxygen atoms in total. The van der Waals surface area contributed by atoms with Crippen LogP contribution in [0.1, 0.15) is 19.0 Å². The van der Waals surface area contributed by atoms with E-state index in [0.29, 0.717) is 0 Å². The molecule has 0 aliphatic heterocycles. The van der Waals surface area contributed by atoms with Crippen molar-refractivity contribution in [1.29, 1.82) is 0 Å².